The van der Waals surface area contributed by atoms with Gasteiger partial charge in [-0.1, -0.05) is 5.16 Å². The molecule has 0 aromatic carbocycles. The molecule has 270 valence electrons. The Balaban J connectivity index is 1.37. The number of carbonyl (C=O) groups is 6. The smallest absolute Gasteiger partial charge is 0.352 e. The number of pyridine rings is 1. The molecule has 2 aromatic heterocycles. The van der Waals surface area contributed by atoms with E-state index in [0.29, 0.717) is 4.90 Å². The van der Waals surface area contributed by atoms with Crippen molar-refractivity contribution in [3.8, 4) is 0 Å². The van der Waals surface area contributed by atoms with Crippen LogP contribution in [-0.4, -0.2) is 119 Å². The third-order valence-electron chi connectivity index (χ3n) is 7.24. The quantitative estimate of drug-likeness (QED) is 0.0684. The molecule has 2 fully saturated rings. The van der Waals surface area contributed by atoms with Crippen LogP contribution >= 0.6 is 11.3 Å². The van der Waals surface area contributed by atoms with Gasteiger partial charge in [0.05, 0.1) is 38.1 Å². The Morgan fingerprint density at radius 2 is 1.90 bits per heavy atom. The van der Waals surface area contributed by atoms with E-state index in [4.69, 9.17) is 10.6 Å². The number of nitrogen functional groups attached to an aromatic ring is 1. The summed E-state index contributed by atoms with van der Waals surface area (Å²) in [5.74, 6) is -3.87. The van der Waals surface area contributed by atoms with Crippen LogP contribution in [0.3, 0.4) is 0 Å². The van der Waals surface area contributed by atoms with Gasteiger partial charge in [0, 0.05) is 23.6 Å². The highest BCUT2D eigenvalue weighted by Gasteiger charge is 2.46. The standard InChI is InChI=1S/C26H29F2N9O11S2/c1-11-15(38)7-12(30-17(11)19(27)28)16(39)9-35-5-6-37(25(35)44)50(45,46)34-24(43)36-8-13(21(36)41)31-20(40)18(14-10-49-23(29)32-14)33-48-26(2,3)22(42)47-4/h7,10,13,19H,5-6,8-9H2,1-4H3,(H2,29,32)(H,30,38)(H,31,40)(H,34,43)/b33-18-. The SMILES string of the molecule is COC(=O)C(C)(C)O/N=C(\C(=O)NC1CN(C(=O)NS(=O)(=O)N2CCN(CC(=O)c3cc(=O)c(C)c(C(F)F)[nH]3)C2=O)C1=O)c1csc(N)n1. The molecule has 5 N–H and O–H groups in total. The number of nitrogens with one attached hydrogen (secondary N) is 3. The molecule has 0 spiro atoms. The maximum Gasteiger partial charge on any atom is 0.352 e. The lowest BCUT2D eigenvalue weighted by Gasteiger charge is -2.36. The molecule has 2 aliphatic heterocycles. The van der Waals surface area contributed by atoms with Crippen LogP contribution in [0.5, 0.6) is 0 Å². The fraction of sp³-hybridized carbons (Fsp3) is 0.423. The van der Waals surface area contributed by atoms with Gasteiger partial charge in [-0.15, -0.1) is 11.3 Å². The second-order valence-corrected chi connectivity index (χ2v) is 13.6. The molecule has 2 aliphatic rings. The molecule has 1 unspecified atom stereocenters. The molecule has 2 saturated heterocycles. The Hall–Kier alpha value is -5.52. The van der Waals surface area contributed by atoms with Gasteiger partial charge in [0.15, 0.2) is 22.1 Å². The normalized spacial score (nSPS) is 16.7. The highest BCUT2D eigenvalue weighted by atomic mass is 32.2. The number of hydrogen-bond acceptors (Lipinski definition) is 15. The maximum absolute atomic E-state index is 13.3. The lowest BCUT2D eigenvalue weighted by Crippen LogP contribution is -2.68. The summed E-state index contributed by atoms with van der Waals surface area (Å²) in [4.78, 5) is 100. The number of nitrogens with zero attached hydrogens (tertiary/aromatic N) is 5. The number of hydrogen-bond donors (Lipinski definition) is 4. The van der Waals surface area contributed by atoms with Crippen LogP contribution in [0.4, 0.5) is 23.5 Å². The number of alkyl halides is 2. The Labute approximate surface area is 284 Å². The van der Waals surface area contributed by atoms with Gasteiger partial charge in [0.25, 0.3) is 18.2 Å². The molecule has 0 aliphatic carbocycles. The minimum atomic E-state index is -4.93. The van der Waals surface area contributed by atoms with E-state index in [-0.39, 0.29) is 27.2 Å². The average molecular weight is 746 g/mol. The van der Waals surface area contributed by atoms with Gasteiger partial charge in [-0.25, -0.2) is 37.2 Å². The maximum atomic E-state index is 13.3. The third-order valence-corrected chi connectivity index (χ3v) is 9.26. The van der Waals surface area contributed by atoms with Gasteiger partial charge >= 0.3 is 28.2 Å². The van der Waals surface area contributed by atoms with Crippen molar-refractivity contribution in [2.75, 3.05) is 39.0 Å². The van der Waals surface area contributed by atoms with E-state index in [1.54, 1.807) is 4.72 Å². The summed E-state index contributed by atoms with van der Waals surface area (Å²) >= 11 is 0.946. The number of nitrogens with two attached hydrogens (primary N) is 1. The molecule has 0 saturated carbocycles. The average Bonchev–Trinajstić information content (AvgIpc) is 3.63. The Morgan fingerprint density at radius 1 is 1.22 bits per heavy atom. The molecule has 4 rings (SSSR count). The molecule has 20 nitrogen and oxygen atoms in total. The lowest BCUT2D eigenvalue weighted by molar-refractivity contribution is -0.165. The van der Waals surface area contributed by atoms with Crippen LogP contribution < -0.4 is 21.2 Å². The molecule has 0 radical (unpaired) electrons. The number of H-pyrrole nitrogens is 1. The molecule has 24 heteroatoms. The summed E-state index contributed by atoms with van der Waals surface area (Å²) in [5, 5.41) is 7.38. The number of esters is 1. The molecule has 4 heterocycles. The number of β-lactam (4-membered cyclic amide) rings is 1. The van der Waals surface area contributed by atoms with E-state index in [1.807, 2.05) is 0 Å². The zero-order valence-corrected chi connectivity index (χ0v) is 28.1. The van der Waals surface area contributed by atoms with Gasteiger partial charge in [0.1, 0.15) is 11.7 Å². The number of urea groups is 2. The summed E-state index contributed by atoms with van der Waals surface area (Å²) < 4.78 is 58.7. The first kappa shape index (κ1) is 37.3. The lowest BCUT2D eigenvalue weighted by atomic mass is 10.1. The fourth-order valence-corrected chi connectivity index (χ4v) is 6.04. The van der Waals surface area contributed by atoms with Gasteiger partial charge in [-0.3, -0.25) is 24.1 Å². The van der Waals surface area contributed by atoms with Crippen LogP contribution in [0.2, 0.25) is 0 Å². The number of carbonyl (C=O) groups excluding carboxylic acids is 6. The van der Waals surface area contributed by atoms with Gasteiger partial charge in [-0.2, -0.15) is 8.42 Å². The van der Waals surface area contributed by atoms with Crippen LogP contribution in [-0.2, 0) is 34.2 Å². The summed E-state index contributed by atoms with van der Waals surface area (Å²) in [6.45, 7) is 1.56. The highest BCUT2D eigenvalue weighted by molar-refractivity contribution is 7.88. The predicted molar refractivity (Wildman–Crippen MR) is 166 cm³/mol. The monoisotopic (exact) mass is 745 g/mol. The number of amides is 6. The number of rotatable bonds is 12. The molecule has 50 heavy (non-hydrogen) atoms. The molecule has 0 bridgehead atoms. The number of aromatic nitrogens is 2. The zero-order chi connectivity index (χ0) is 37.3. The summed E-state index contributed by atoms with van der Waals surface area (Å²) in [5.41, 5.74) is 0.966. The van der Waals surface area contributed by atoms with Gasteiger partial charge in [0.2, 0.25) is 5.60 Å². The highest BCUT2D eigenvalue weighted by Crippen LogP contribution is 2.21. The molecular formula is C26H29F2N9O11S2. The number of methoxy groups -OCH3 is 1. The minimum Gasteiger partial charge on any atom is -0.466 e. The number of anilines is 1. The van der Waals surface area contributed by atoms with E-state index >= 15 is 0 Å². The first-order chi connectivity index (χ1) is 23.3. The van der Waals surface area contributed by atoms with E-state index in [9.17, 15) is 50.8 Å². The summed E-state index contributed by atoms with van der Waals surface area (Å²) in [6, 6.07) is -3.29. The van der Waals surface area contributed by atoms with E-state index < -0.39 is 106 Å². The van der Waals surface area contributed by atoms with Crippen molar-refractivity contribution in [1.29, 1.82) is 0 Å². The van der Waals surface area contributed by atoms with Crippen LogP contribution in [0, 0.1) is 6.92 Å². The Morgan fingerprint density at radius 3 is 2.48 bits per heavy atom. The predicted octanol–water partition coefficient (Wildman–Crippen LogP) is -0.766. The van der Waals surface area contributed by atoms with Crippen molar-refractivity contribution >= 4 is 68.0 Å². The van der Waals surface area contributed by atoms with Crippen molar-refractivity contribution in [3.63, 3.8) is 0 Å². The zero-order valence-electron chi connectivity index (χ0n) is 26.5. The minimum absolute atomic E-state index is 0.0498. The second-order valence-electron chi connectivity index (χ2n) is 11.1. The van der Waals surface area contributed by atoms with E-state index in [0.717, 1.165) is 36.3 Å². The number of likely N-dealkylation sites (tertiary alicyclic amines) is 1. The topological polar surface area (TPSA) is 273 Å². The number of ketones is 1. The summed E-state index contributed by atoms with van der Waals surface area (Å²) in [7, 11) is -3.83. The molecule has 6 amide bonds. The Bertz CT molecular complexity index is 1960. The molecular weight excluding hydrogens is 716 g/mol. The van der Waals surface area contributed by atoms with E-state index in [2.05, 4.69) is 25.2 Å². The fourth-order valence-electron chi connectivity index (χ4n) is 4.41. The van der Waals surface area contributed by atoms with Crippen molar-refractivity contribution in [2.24, 2.45) is 5.16 Å². The van der Waals surface area contributed by atoms with Crippen LogP contribution in [0.1, 0.15) is 47.7 Å². The number of oxime groups is 1. The number of Topliss-reactive ketones (excluding diaryl/α,β-unsaturated/α-hetero) is 1. The van der Waals surface area contributed by atoms with E-state index in [1.165, 1.54) is 19.2 Å². The first-order valence-electron chi connectivity index (χ1n) is 14.1. The third kappa shape index (κ3) is 7.69. The largest absolute Gasteiger partial charge is 0.466 e. The van der Waals surface area contributed by atoms with Crippen molar-refractivity contribution in [2.45, 2.75) is 38.8 Å². The first-order valence-corrected chi connectivity index (χ1v) is 16.5. The number of imide groups is 1. The van der Waals surface area contributed by atoms with Crippen LogP contribution in [0.25, 0.3) is 0 Å². The number of halogens is 2. The molecule has 2 aromatic rings. The Kier molecular flexibility index (Phi) is 10.6. The van der Waals surface area contributed by atoms with Gasteiger partial charge in [-0.05, 0) is 20.8 Å². The molecule has 1 atom stereocenters. The van der Waals surface area contributed by atoms with Crippen molar-refractivity contribution < 1.29 is 55.5 Å². The van der Waals surface area contributed by atoms with Crippen molar-refractivity contribution in [1.82, 2.24) is 34.1 Å². The van der Waals surface area contributed by atoms with Gasteiger partial charge < -0.3 is 30.5 Å². The number of thiazole rings is 1. The summed E-state index contributed by atoms with van der Waals surface area (Å²) in [6.07, 6.45) is -3.10. The number of aromatic amines is 1. The van der Waals surface area contributed by atoms with Crippen LogP contribution in [0.15, 0.2) is 21.4 Å². The number of ether oxygens (including phenoxy) is 1. The second kappa shape index (κ2) is 14.1. The van der Waals surface area contributed by atoms with Crippen molar-refractivity contribution in [3.05, 3.63) is 44.3 Å².